The van der Waals surface area contributed by atoms with Crippen LogP contribution in [0, 0.1) is 5.92 Å². The average molecular weight is 296 g/mol. The Morgan fingerprint density at radius 2 is 2.00 bits per heavy atom. The molecule has 0 radical (unpaired) electrons. The molecule has 0 aliphatic heterocycles. The molecule has 2 aromatic rings. The molecule has 1 aliphatic rings. The van der Waals surface area contributed by atoms with Crippen molar-refractivity contribution in [1.29, 1.82) is 0 Å². The lowest BCUT2D eigenvalue weighted by molar-refractivity contribution is 0.0967. The number of rotatable bonds is 4. The molecule has 2 atom stereocenters. The summed E-state index contributed by atoms with van der Waals surface area (Å²) in [4.78, 5) is 12.4. The van der Waals surface area contributed by atoms with Gasteiger partial charge in [0.05, 0.1) is 5.69 Å². The van der Waals surface area contributed by atoms with Crippen molar-refractivity contribution in [2.45, 2.75) is 52.0 Å². The number of hydrogen-bond donors (Lipinski definition) is 0. The minimum atomic E-state index is 0.120. The van der Waals surface area contributed by atoms with Crippen molar-refractivity contribution < 1.29 is 4.79 Å². The molecule has 0 amide bonds. The number of aromatic nitrogens is 2. The molecule has 1 aromatic heterocycles. The van der Waals surface area contributed by atoms with Crippen molar-refractivity contribution in [3.63, 3.8) is 0 Å². The van der Waals surface area contributed by atoms with Gasteiger partial charge < -0.3 is 0 Å². The molecule has 3 heteroatoms. The third kappa shape index (κ3) is 2.85. The fourth-order valence-corrected chi connectivity index (χ4v) is 3.43. The summed E-state index contributed by atoms with van der Waals surface area (Å²) in [6.45, 7) is 7.12. The van der Waals surface area contributed by atoms with Crippen LogP contribution < -0.4 is 0 Å². The number of hydrogen-bond acceptors (Lipinski definition) is 2. The van der Waals surface area contributed by atoms with E-state index in [9.17, 15) is 4.79 Å². The van der Waals surface area contributed by atoms with Gasteiger partial charge in [0.25, 0.3) is 0 Å². The molecule has 0 saturated carbocycles. The first-order valence-electron chi connectivity index (χ1n) is 8.21. The topological polar surface area (TPSA) is 34.9 Å². The summed E-state index contributed by atoms with van der Waals surface area (Å²) < 4.78 is 1.84. The molecule has 0 unspecified atom stereocenters. The first-order chi connectivity index (χ1) is 10.6. The molecule has 116 valence electrons. The zero-order chi connectivity index (χ0) is 15.7. The predicted octanol–water partition coefficient (Wildman–Crippen LogP) is 4.40. The van der Waals surface area contributed by atoms with E-state index in [1.165, 1.54) is 24.1 Å². The van der Waals surface area contributed by atoms with Crippen LogP contribution in [0.2, 0.25) is 0 Å². The standard InChI is InChI=1S/C19H24N2O/c1-13(2)16-10-9-14(3)17-11-21(20-19(16)17)12-18(22)15-7-5-4-6-8-15/h4-8,11,13-14,16H,9-10,12H2,1-3H3/t14-,16-/m1/s1. The van der Waals surface area contributed by atoms with Crippen molar-refractivity contribution in [2.24, 2.45) is 5.92 Å². The van der Waals surface area contributed by atoms with E-state index in [1.807, 2.05) is 35.0 Å². The number of nitrogens with zero attached hydrogens (tertiary/aromatic N) is 2. The normalized spacial score (nSPS) is 20.9. The number of ketones is 1. The number of Topliss-reactive ketones (excluding diaryl/α,β-unsaturated/α-hetero) is 1. The van der Waals surface area contributed by atoms with Crippen LogP contribution in [0.4, 0.5) is 0 Å². The van der Waals surface area contributed by atoms with Gasteiger partial charge in [-0.3, -0.25) is 9.48 Å². The maximum Gasteiger partial charge on any atom is 0.184 e. The smallest absolute Gasteiger partial charge is 0.184 e. The Labute approximate surface area is 132 Å². The highest BCUT2D eigenvalue weighted by Gasteiger charge is 2.30. The molecule has 1 heterocycles. The minimum absolute atomic E-state index is 0.120. The van der Waals surface area contributed by atoms with Crippen LogP contribution >= 0.6 is 0 Å². The second-order valence-corrected chi connectivity index (χ2v) is 6.79. The quantitative estimate of drug-likeness (QED) is 0.784. The van der Waals surface area contributed by atoms with E-state index in [2.05, 4.69) is 27.0 Å². The van der Waals surface area contributed by atoms with Gasteiger partial charge in [-0.05, 0) is 30.2 Å². The van der Waals surface area contributed by atoms with Crippen molar-refractivity contribution in [1.82, 2.24) is 9.78 Å². The first-order valence-corrected chi connectivity index (χ1v) is 8.21. The van der Waals surface area contributed by atoms with Crippen molar-refractivity contribution in [3.05, 3.63) is 53.3 Å². The Bertz CT molecular complexity index is 657. The number of carbonyl (C=O) groups is 1. The summed E-state index contributed by atoms with van der Waals surface area (Å²) in [6.07, 6.45) is 4.51. The Hall–Kier alpha value is -1.90. The lowest BCUT2D eigenvalue weighted by Crippen LogP contribution is -2.16. The third-order valence-corrected chi connectivity index (χ3v) is 4.82. The molecule has 3 rings (SSSR count). The molecule has 0 spiro atoms. The summed E-state index contributed by atoms with van der Waals surface area (Å²) in [5.74, 6) is 1.79. The summed E-state index contributed by atoms with van der Waals surface area (Å²) in [5, 5.41) is 4.77. The molecular formula is C19H24N2O. The highest BCUT2D eigenvalue weighted by Crippen LogP contribution is 2.41. The molecule has 0 saturated heterocycles. The monoisotopic (exact) mass is 296 g/mol. The Morgan fingerprint density at radius 3 is 2.68 bits per heavy atom. The second-order valence-electron chi connectivity index (χ2n) is 6.79. The summed E-state index contributed by atoms with van der Waals surface area (Å²) in [6, 6.07) is 9.46. The van der Waals surface area contributed by atoms with E-state index in [1.54, 1.807) is 0 Å². The van der Waals surface area contributed by atoms with Gasteiger partial charge in [-0.1, -0.05) is 51.1 Å². The maximum atomic E-state index is 12.4. The van der Waals surface area contributed by atoms with Crippen molar-refractivity contribution in [2.75, 3.05) is 0 Å². The zero-order valence-electron chi connectivity index (χ0n) is 13.6. The predicted molar refractivity (Wildman–Crippen MR) is 88.2 cm³/mol. The SMILES string of the molecule is CC(C)[C@H]1CC[C@@H](C)c2cn(CC(=O)c3ccccc3)nc21. The largest absolute Gasteiger partial charge is 0.292 e. The van der Waals surface area contributed by atoms with E-state index in [0.717, 1.165) is 5.56 Å². The molecular weight excluding hydrogens is 272 g/mol. The van der Waals surface area contributed by atoms with E-state index in [0.29, 0.717) is 24.3 Å². The van der Waals surface area contributed by atoms with Gasteiger partial charge in [-0.25, -0.2) is 0 Å². The number of carbonyl (C=O) groups excluding carboxylic acids is 1. The summed E-state index contributed by atoms with van der Waals surface area (Å²) in [5.41, 5.74) is 3.31. The summed E-state index contributed by atoms with van der Waals surface area (Å²) in [7, 11) is 0. The fourth-order valence-electron chi connectivity index (χ4n) is 3.43. The highest BCUT2D eigenvalue weighted by molar-refractivity contribution is 5.95. The molecule has 3 nitrogen and oxygen atoms in total. The van der Waals surface area contributed by atoms with Crippen LogP contribution in [-0.4, -0.2) is 15.6 Å². The highest BCUT2D eigenvalue weighted by atomic mass is 16.1. The molecule has 1 aliphatic carbocycles. The maximum absolute atomic E-state index is 12.4. The van der Waals surface area contributed by atoms with E-state index in [4.69, 9.17) is 5.10 Å². The molecule has 0 fully saturated rings. The Balaban J connectivity index is 1.85. The number of benzene rings is 1. The van der Waals surface area contributed by atoms with Crippen molar-refractivity contribution >= 4 is 5.78 Å². The molecule has 0 N–H and O–H groups in total. The lowest BCUT2D eigenvalue weighted by atomic mass is 9.77. The first kappa shape index (κ1) is 15.0. The van der Waals surface area contributed by atoms with Gasteiger partial charge in [0.15, 0.2) is 5.78 Å². The van der Waals surface area contributed by atoms with Gasteiger partial charge in [-0.2, -0.15) is 5.10 Å². The minimum Gasteiger partial charge on any atom is -0.292 e. The average Bonchev–Trinajstić information content (AvgIpc) is 2.92. The Kier molecular flexibility index (Phi) is 4.14. The zero-order valence-corrected chi connectivity index (χ0v) is 13.6. The van der Waals surface area contributed by atoms with Crippen LogP contribution in [0.15, 0.2) is 36.5 Å². The van der Waals surface area contributed by atoms with Gasteiger partial charge in [0, 0.05) is 17.7 Å². The van der Waals surface area contributed by atoms with Crippen LogP contribution in [0.25, 0.3) is 0 Å². The Morgan fingerprint density at radius 1 is 1.27 bits per heavy atom. The molecule has 22 heavy (non-hydrogen) atoms. The van der Waals surface area contributed by atoms with Crippen LogP contribution in [-0.2, 0) is 6.54 Å². The molecule has 0 bridgehead atoms. The summed E-state index contributed by atoms with van der Waals surface area (Å²) >= 11 is 0. The van der Waals surface area contributed by atoms with Gasteiger partial charge in [-0.15, -0.1) is 0 Å². The molecule has 1 aromatic carbocycles. The van der Waals surface area contributed by atoms with Crippen LogP contribution in [0.5, 0.6) is 0 Å². The van der Waals surface area contributed by atoms with E-state index >= 15 is 0 Å². The van der Waals surface area contributed by atoms with E-state index < -0.39 is 0 Å². The number of fused-ring (bicyclic) bond motifs is 1. The van der Waals surface area contributed by atoms with E-state index in [-0.39, 0.29) is 5.78 Å². The van der Waals surface area contributed by atoms with Gasteiger partial charge >= 0.3 is 0 Å². The van der Waals surface area contributed by atoms with Crippen LogP contribution in [0.3, 0.4) is 0 Å². The lowest BCUT2D eigenvalue weighted by Gasteiger charge is -2.28. The fraction of sp³-hybridized carbons (Fsp3) is 0.474. The van der Waals surface area contributed by atoms with Gasteiger partial charge in [0.2, 0.25) is 0 Å². The third-order valence-electron chi connectivity index (χ3n) is 4.82. The second kappa shape index (κ2) is 6.07. The van der Waals surface area contributed by atoms with Gasteiger partial charge in [0.1, 0.15) is 6.54 Å². The van der Waals surface area contributed by atoms with Crippen molar-refractivity contribution in [3.8, 4) is 0 Å². The van der Waals surface area contributed by atoms with Crippen LogP contribution in [0.1, 0.15) is 67.1 Å².